The molecule has 0 aliphatic rings. The van der Waals surface area contributed by atoms with Crippen LogP contribution in [0.1, 0.15) is 24.2 Å². The van der Waals surface area contributed by atoms with Crippen LogP contribution in [-0.4, -0.2) is 31.6 Å². The Morgan fingerprint density at radius 3 is 2.28 bits per heavy atom. The first-order chi connectivity index (χ1) is 12.1. The highest BCUT2D eigenvalue weighted by atomic mass is 16.5. The Morgan fingerprint density at radius 2 is 1.64 bits per heavy atom. The Bertz CT molecular complexity index is 714. The zero-order valence-electron chi connectivity index (χ0n) is 14.4. The van der Waals surface area contributed by atoms with Crippen molar-refractivity contribution >= 4 is 23.2 Å². The SMILES string of the molecule is CCOCCOc1ccc(C(=O)Nc2cccc(NC(C)=O)c2)cc1. The molecule has 2 N–H and O–H groups in total. The Labute approximate surface area is 147 Å². The molecule has 6 heteroatoms. The van der Waals surface area contributed by atoms with E-state index in [2.05, 4.69) is 10.6 Å². The van der Waals surface area contributed by atoms with E-state index < -0.39 is 0 Å². The first-order valence-electron chi connectivity index (χ1n) is 8.08. The zero-order valence-corrected chi connectivity index (χ0v) is 14.4. The van der Waals surface area contributed by atoms with Crippen molar-refractivity contribution in [3.05, 3.63) is 54.1 Å². The summed E-state index contributed by atoms with van der Waals surface area (Å²) in [6, 6.07) is 13.9. The third-order valence-electron chi connectivity index (χ3n) is 3.26. The minimum atomic E-state index is -0.235. The van der Waals surface area contributed by atoms with E-state index >= 15 is 0 Å². The van der Waals surface area contributed by atoms with Gasteiger partial charge in [0, 0.05) is 30.5 Å². The van der Waals surface area contributed by atoms with Crippen LogP contribution in [-0.2, 0) is 9.53 Å². The number of anilines is 2. The molecule has 0 aromatic heterocycles. The number of hydrogen-bond acceptors (Lipinski definition) is 4. The van der Waals surface area contributed by atoms with E-state index in [9.17, 15) is 9.59 Å². The molecule has 2 aromatic rings. The number of hydrogen-bond donors (Lipinski definition) is 2. The standard InChI is InChI=1S/C19H22N2O4/c1-3-24-11-12-25-18-9-7-15(8-10-18)19(23)21-17-6-4-5-16(13-17)20-14(2)22/h4-10,13H,3,11-12H2,1-2H3,(H,20,22)(H,21,23). The minimum absolute atomic E-state index is 0.164. The number of carbonyl (C=O) groups excluding carboxylic acids is 2. The predicted octanol–water partition coefficient (Wildman–Crippen LogP) is 3.31. The van der Waals surface area contributed by atoms with Crippen molar-refractivity contribution in [1.29, 1.82) is 0 Å². The molecule has 0 heterocycles. The van der Waals surface area contributed by atoms with E-state index in [4.69, 9.17) is 9.47 Å². The molecule has 0 saturated heterocycles. The second-order valence-electron chi connectivity index (χ2n) is 5.29. The van der Waals surface area contributed by atoms with Gasteiger partial charge in [0.2, 0.25) is 5.91 Å². The number of ether oxygens (including phenoxy) is 2. The quantitative estimate of drug-likeness (QED) is 0.722. The Hall–Kier alpha value is -2.86. The Balaban J connectivity index is 1.93. The molecule has 0 fully saturated rings. The molecule has 6 nitrogen and oxygen atoms in total. The fourth-order valence-electron chi connectivity index (χ4n) is 2.15. The summed E-state index contributed by atoms with van der Waals surface area (Å²) in [5.74, 6) is 0.285. The van der Waals surface area contributed by atoms with Gasteiger partial charge in [0.25, 0.3) is 5.91 Å². The minimum Gasteiger partial charge on any atom is -0.491 e. The molecule has 132 valence electrons. The Kier molecular flexibility index (Phi) is 6.98. The molecular weight excluding hydrogens is 320 g/mol. The van der Waals surface area contributed by atoms with Gasteiger partial charge in [-0.05, 0) is 49.4 Å². The van der Waals surface area contributed by atoms with Crippen molar-refractivity contribution in [2.24, 2.45) is 0 Å². The average Bonchev–Trinajstić information content (AvgIpc) is 2.59. The van der Waals surface area contributed by atoms with Crippen molar-refractivity contribution in [3.8, 4) is 5.75 Å². The van der Waals surface area contributed by atoms with Crippen molar-refractivity contribution in [1.82, 2.24) is 0 Å². The summed E-state index contributed by atoms with van der Waals surface area (Å²) in [6.45, 7) is 5.02. The smallest absolute Gasteiger partial charge is 0.255 e. The molecule has 0 saturated carbocycles. The summed E-state index contributed by atoms with van der Waals surface area (Å²) in [7, 11) is 0. The van der Waals surface area contributed by atoms with Crippen LogP contribution in [0.3, 0.4) is 0 Å². The van der Waals surface area contributed by atoms with Crippen molar-refractivity contribution in [2.45, 2.75) is 13.8 Å². The van der Waals surface area contributed by atoms with E-state index in [-0.39, 0.29) is 11.8 Å². The maximum absolute atomic E-state index is 12.3. The number of nitrogens with one attached hydrogen (secondary N) is 2. The van der Waals surface area contributed by atoms with Crippen LogP contribution in [0.15, 0.2) is 48.5 Å². The molecular formula is C19H22N2O4. The number of rotatable bonds is 8. The van der Waals surface area contributed by atoms with Crippen LogP contribution in [0.4, 0.5) is 11.4 Å². The lowest BCUT2D eigenvalue weighted by molar-refractivity contribution is -0.114. The lowest BCUT2D eigenvalue weighted by atomic mass is 10.2. The summed E-state index contributed by atoms with van der Waals surface area (Å²) < 4.78 is 10.7. The number of benzene rings is 2. The summed E-state index contributed by atoms with van der Waals surface area (Å²) >= 11 is 0. The fraction of sp³-hybridized carbons (Fsp3) is 0.263. The first kappa shape index (κ1) is 18.5. The maximum atomic E-state index is 12.3. The highest BCUT2D eigenvalue weighted by molar-refractivity contribution is 6.04. The van der Waals surface area contributed by atoms with E-state index in [1.54, 1.807) is 48.5 Å². The van der Waals surface area contributed by atoms with Crippen LogP contribution >= 0.6 is 0 Å². The normalized spacial score (nSPS) is 10.2. The average molecular weight is 342 g/mol. The van der Waals surface area contributed by atoms with Gasteiger partial charge in [-0.2, -0.15) is 0 Å². The topological polar surface area (TPSA) is 76.7 Å². The largest absolute Gasteiger partial charge is 0.491 e. The second kappa shape index (κ2) is 9.44. The zero-order chi connectivity index (χ0) is 18.1. The molecule has 2 rings (SSSR count). The third-order valence-corrected chi connectivity index (χ3v) is 3.26. The van der Waals surface area contributed by atoms with Crippen LogP contribution in [0.2, 0.25) is 0 Å². The van der Waals surface area contributed by atoms with Crippen molar-refractivity contribution < 1.29 is 19.1 Å². The summed E-state index contributed by atoms with van der Waals surface area (Å²) in [6.07, 6.45) is 0. The van der Waals surface area contributed by atoms with Gasteiger partial charge < -0.3 is 20.1 Å². The van der Waals surface area contributed by atoms with Gasteiger partial charge in [-0.1, -0.05) is 6.07 Å². The molecule has 25 heavy (non-hydrogen) atoms. The van der Waals surface area contributed by atoms with Crippen LogP contribution in [0, 0.1) is 0 Å². The molecule has 0 bridgehead atoms. The predicted molar refractivity (Wildman–Crippen MR) is 97.1 cm³/mol. The lowest BCUT2D eigenvalue weighted by Gasteiger charge is -2.09. The number of amides is 2. The summed E-state index contributed by atoms with van der Waals surface area (Å²) in [5.41, 5.74) is 1.75. The van der Waals surface area contributed by atoms with Gasteiger partial charge in [0.1, 0.15) is 12.4 Å². The van der Waals surface area contributed by atoms with Gasteiger partial charge in [-0.3, -0.25) is 9.59 Å². The van der Waals surface area contributed by atoms with Gasteiger partial charge in [0.15, 0.2) is 0 Å². The lowest BCUT2D eigenvalue weighted by Crippen LogP contribution is -2.12. The van der Waals surface area contributed by atoms with Crippen LogP contribution in [0.5, 0.6) is 5.75 Å². The molecule has 0 unspecified atom stereocenters. The maximum Gasteiger partial charge on any atom is 0.255 e. The Morgan fingerprint density at radius 1 is 0.960 bits per heavy atom. The van der Waals surface area contributed by atoms with Gasteiger partial charge >= 0.3 is 0 Å². The molecule has 2 aromatic carbocycles. The van der Waals surface area contributed by atoms with E-state index in [1.807, 2.05) is 6.92 Å². The monoisotopic (exact) mass is 342 g/mol. The number of carbonyl (C=O) groups is 2. The van der Waals surface area contributed by atoms with Crippen molar-refractivity contribution in [3.63, 3.8) is 0 Å². The van der Waals surface area contributed by atoms with Gasteiger partial charge in [0.05, 0.1) is 6.61 Å². The van der Waals surface area contributed by atoms with Crippen molar-refractivity contribution in [2.75, 3.05) is 30.5 Å². The highest BCUT2D eigenvalue weighted by Crippen LogP contribution is 2.17. The van der Waals surface area contributed by atoms with Crippen LogP contribution in [0.25, 0.3) is 0 Å². The molecule has 0 aliphatic carbocycles. The summed E-state index contributed by atoms with van der Waals surface area (Å²) in [4.78, 5) is 23.4. The fourth-order valence-corrected chi connectivity index (χ4v) is 2.15. The van der Waals surface area contributed by atoms with Gasteiger partial charge in [-0.15, -0.1) is 0 Å². The second-order valence-corrected chi connectivity index (χ2v) is 5.29. The van der Waals surface area contributed by atoms with E-state index in [1.165, 1.54) is 6.92 Å². The van der Waals surface area contributed by atoms with E-state index in [0.717, 1.165) is 0 Å². The highest BCUT2D eigenvalue weighted by Gasteiger charge is 2.07. The molecule has 0 radical (unpaired) electrons. The molecule has 0 spiro atoms. The molecule has 0 aliphatic heterocycles. The summed E-state index contributed by atoms with van der Waals surface area (Å²) in [5, 5.41) is 5.48. The first-order valence-corrected chi connectivity index (χ1v) is 8.08. The third kappa shape index (κ3) is 6.27. The molecule has 0 atom stereocenters. The van der Waals surface area contributed by atoms with Crippen LogP contribution < -0.4 is 15.4 Å². The molecule has 2 amide bonds. The van der Waals surface area contributed by atoms with Gasteiger partial charge in [-0.25, -0.2) is 0 Å². The van der Waals surface area contributed by atoms with E-state index in [0.29, 0.717) is 42.5 Å².